The predicted octanol–water partition coefficient (Wildman–Crippen LogP) is 3.70. The zero-order valence-corrected chi connectivity index (χ0v) is 19.5. The summed E-state index contributed by atoms with van der Waals surface area (Å²) in [6.45, 7) is 2.54. The molecule has 1 amide bonds. The molecule has 7 nitrogen and oxygen atoms in total. The minimum Gasteiger partial charge on any atom is -0.484 e. The maximum absolute atomic E-state index is 13.5. The molecule has 1 aromatic heterocycles. The number of hydrogen-bond donors (Lipinski definition) is 2. The highest BCUT2D eigenvalue weighted by Gasteiger charge is 2.34. The van der Waals surface area contributed by atoms with E-state index in [9.17, 15) is 17.6 Å². The van der Waals surface area contributed by atoms with E-state index >= 15 is 0 Å². The number of ether oxygens (including phenoxy) is 1. The van der Waals surface area contributed by atoms with Gasteiger partial charge in [-0.3, -0.25) is 9.78 Å². The van der Waals surface area contributed by atoms with Crippen molar-refractivity contribution in [3.8, 4) is 5.75 Å². The number of nitrogens with one attached hydrogen (secondary N) is 2. The Kier molecular flexibility index (Phi) is 7.23. The average Bonchev–Trinajstić information content (AvgIpc) is 3.38. The number of amides is 1. The van der Waals surface area contributed by atoms with Crippen molar-refractivity contribution in [2.24, 2.45) is 0 Å². The SMILES string of the molecule is C[C@H](Oc1cccc([C@@H](NC(=O)C2CCCN2)S(=O)(=O)c2ccc(F)cc2)c1)c1ccccn1. The van der Waals surface area contributed by atoms with Crippen molar-refractivity contribution in [2.75, 3.05) is 6.54 Å². The molecular formula is C25H26FN3O4S. The summed E-state index contributed by atoms with van der Waals surface area (Å²) in [5.74, 6) is -0.516. The molecule has 0 saturated carbocycles. The molecule has 2 heterocycles. The molecule has 0 radical (unpaired) electrons. The van der Waals surface area contributed by atoms with Gasteiger partial charge in [0.1, 0.15) is 17.7 Å². The number of halogens is 1. The van der Waals surface area contributed by atoms with Gasteiger partial charge in [0, 0.05) is 6.20 Å². The molecule has 1 saturated heterocycles. The summed E-state index contributed by atoms with van der Waals surface area (Å²) in [4.78, 5) is 17.1. The van der Waals surface area contributed by atoms with E-state index in [1.807, 2.05) is 25.1 Å². The van der Waals surface area contributed by atoms with Gasteiger partial charge in [0.15, 0.2) is 5.37 Å². The Morgan fingerprint density at radius 3 is 2.62 bits per heavy atom. The predicted molar refractivity (Wildman–Crippen MR) is 125 cm³/mol. The van der Waals surface area contributed by atoms with Gasteiger partial charge in [0.05, 0.1) is 16.6 Å². The third kappa shape index (κ3) is 5.43. The number of benzene rings is 2. The lowest BCUT2D eigenvalue weighted by atomic mass is 10.1. The molecule has 1 fully saturated rings. The topological polar surface area (TPSA) is 97.4 Å². The Bertz CT molecular complexity index is 1230. The highest BCUT2D eigenvalue weighted by Crippen LogP contribution is 2.31. The molecule has 178 valence electrons. The number of carbonyl (C=O) groups excluding carboxylic acids is 1. The first-order chi connectivity index (χ1) is 16.3. The fraction of sp³-hybridized carbons (Fsp3) is 0.280. The Hall–Kier alpha value is -3.30. The summed E-state index contributed by atoms with van der Waals surface area (Å²) in [6.07, 6.45) is 2.76. The fourth-order valence-electron chi connectivity index (χ4n) is 3.87. The summed E-state index contributed by atoms with van der Waals surface area (Å²) in [5, 5.41) is 4.40. The van der Waals surface area contributed by atoms with E-state index in [0.717, 1.165) is 24.2 Å². The number of rotatable bonds is 8. The second-order valence-electron chi connectivity index (χ2n) is 8.12. The van der Waals surface area contributed by atoms with Gasteiger partial charge < -0.3 is 15.4 Å². The minimum absolute atomic E-state index is 0.0910. The van der Waals surface area contributed by atoms with Crippen LogP contribution in [0, 0.1) is 5.82 Å². The molecule has 3 aromatic rings. The Morgan fingerprint density at radius 2 is 1.94 bits per heavy atom. The highest BCUT2D eigenvalue weighted by molar-refractivity contribution is 7.91. The molecule has 1 aliphatic rings. The first-order valence-electron chi connectivity index (χ1n) is 11.1. The number of sulfone groups is 1. The van der Waals surface area contributed by atoms with Crippen molar-refractivity contribution in [1.29, 1.82) is 0 Å². The van der Waals surface area contributed by atoms with E-state index in [2.05, 4.69) is 15.6 Å². The van der Waals surface area contributed by atoms with Crippen LogP contribution in [0.2, 0.25) is 0 Å². The van der Waals surface area contributed by atoms with Crippen molar-refractivity contribution in [1.82, 2.24) is 15.6 Å². The molecule has 4 rings (SSSR count). The lowest BCUT2D eigenvalue weighted by Crippen LogP contribution is -2.44. The standard InChI is InChI=1S/C25H26FN3O4S/c1-17(22-8-2-3-14-27-22)33-20-7-4-6-18(16-20)25(29-24(30)23-9-5-15-28-23)34(31,32)21-12-10-19(26)11-13-21/h2-4,6-8,10-14,16-17,23,25,28H,5,9,15H2,1H3,(H,29,30)/t17-,23?,25-/m0/s1. The Labute approximate surface area is 198 Å². The zero-order chi connectivity index (χ0) is 24.1. The lowest BCUT2D eigenvalue weighted by Gasteiger charge is -2.23. The van der Waals surface area contributed by atoms with Crippen LogP contribution in [0.1, 0.15) is 42.5 Å². The number of aromatic nitrogens is 1. The van der Waals surface area contributed by atoms with Crippen LogP contribution in [-0.2, 0) is 14.6 Å². The third-order valence-electron chi connectivity index (χ3n) is 5.68. The van der Waals surface area contributed by atoms with Crippen LogP contribution in [-0.4, -0.2) is 31.9 Å². The van der Waals surface area contributed by atoms with Gasteiger partial charge in [-0.15, -0.1) is 0 Å². The first kappa shape index (κ1) is 23.8. The summed E-state index contributed by atoms with van der Waals surface area (Å²) in [7, 11) is -4.09. The normalized spacial score (nSPS) is 17.6. The summed E-state index contributed by atoms with van der Waals surface area (Å²) in [5.41, 5.74) is 1.06. The molecule has 9 heteroatoms. The highest BCUT2D eigenvalue weighted by atomic mass is 32.2. The van der Waals surface area contributed by atoms with Crippen molar-refractivity contribution in [2.45, 2.75) is 42.2 Å². The van der Waals surface area contributed by atoms with Crippen LogP contribution in [0.15, 0.2) is 77.8 Å². The second kappa shape index (κ2) is 10.3. The first-order valence-corrected chi connectivity index (χ1v) is 12.6. The van der Waals surface area contributed by atoms with Gasteiger partial charge >= 0.3 is 0 Å². The maximum atomic E-state index is 13.5. The molecule has 1 aliphatic heterocycles. The van der Waals surface area contributed by atoms with Gasteiger partial charge in [-0.25, -0.2) is 12.8 Å². The summed E-state index contributed by atoms with van der Waals surface area (Å²) < 4.78 is 46.5. The van der Waals surface area contributed by atoms with Crippen molar-refractivity contribution >= 4 is 15.7 Å². The van der Waals surface area contributed by atoms with Crippen LogP contribution in [0.25, 0.3) is 0 Å². The largest absolute Gasteiger partial charge is 0.484 e. The van der Waals surface area contributed by atoms with Crippen LogP contribution >= 0.6 is 0 Å². The van der Waals surface area contributed by atoms with Crippen LogP contribution < -0.4 is 15.4 Å². The van der Waals surface area contributed by atoms with E-state index < -0.39 is 33.0 Å². The molecule has 0 aliphatic carbocycles. The summed E-state index contributed by atoms with van der Waals surface area (Å²) >= 11 is 0. The number of nitrogens with zero attached hydrogens (tertiary/aromatic N) is 1. The second-order valence-corrected chi connectivity index (χ2v) is 10.2. The van der Waals surface area contributed by atoms with Gasteiger partial charge in [0.2, 0.25) is 15.7 Å². The van der Waals surface area contributed by atoms with E-state index in [1.54, 1.807) is 30.5 Å². The molecule has 2 N–H and O–H groups in total. The smallest absolute Gasteiger partial charge is 0.238 e. The number of hydrogen-bond acceptors (Lipinski definition) is 6. The van der Waals surface area contributed by atoms with E-state index in [-0.39, 0.29) is 11.0 Å². The molecular weight excluding hydrogens is 457 g/mol. The third-order valence-corrected chi connectivity index (χ3v) is 7.62. The Morgan fingerprint density at radius 1 is 1.15 bits per heavy atom. The molecule has 3 atom stereocenters. The molecule has 1 unspecified atom stereocenters. The summed E-state index contributed by atoms with van der Waals surface area (Å²) in [6, 6.07) is 16.2. The maximum Gasteiger partial charge on any atom is 0.238 e. The quantitative estimate of drug-likeness (QED) is 0.474. The van der Waals surface area contributed by atoms with Gasteiger partial charge in [0.25, 0.3) is 0 Å². The van der Waals surface area contributed by atoms with E-state index in [4.69, 9.17) is 4.74 Å². The number of carbonyl (C=O) groups is 1. The van der Waals surface area contributed by atoms with Crippen molar-refractivity contribution < 1.29 is 22.3 Å². The van der Waals surface area contributed by atoms with Gasteiger partial charge in [-0.05, 0) is 80.4 Å². The molecule has 34 heavy (non-hydrogen) atoms. The van der Waals surface area contributed by atoms with Gasteiger partial charge in [-0.2, -0.15) is 0 Å². The van der Waals surface area contributed by atoms with Gasteiger partial charge in [-0.1, -0.05) is 18.2 Å². The number of pyridine rings is 1. The van der Waals surface area contributed by atoms with E-state index in [1.165, 1.54) is 12.1 Å². The molecule has 0 bridgehead atoms. The van der Waals surface area contributed by atoms with Crippen molar-refractivity contribution in [3.05, 3.63) is 90.0 Å². The molecule has 0 spiro atoms. The van der Waals surface area contributed by atoms with Crippen LogP contribution in [0.5, 0.6) is 5.75 Å². The lowest BCUT2D eigenvalue weighted by molar-refractivity contribution is -0.123. The Balaban J connectivity index is 1.66. The van der Waals surface area contributed by atoms with Crippen molar-refractivity contribution in [3.63, 3.8) is 0 Å². The van der Waals surface area contributed by atoms with Crippen LogP contribution in [0.4, 0.5) is 4.39 Å². The average molecular weight is 484 g/mol. The fourth-order valence-corrected chi connectivity index (χ4v) is 5.43. The minimum atomic E-state index is -4.09. The van der Waals surface area contributed by atoms with Crippen LogP contribution in [0.3, 0.4) is 0 Å². The van der Waals surface area contributed by atoms with E-state index in [0.29, 0.717) is 24.3 Å². The monoisotopic (exact) mass is 483 g/mol. The molecule has 2 aromatic carbocycles. The zero-order valence-electron chi connectivity index (χ0n) is 18.6.